The van der Waals surface area contributed by atoms with Crippen LogP contribution in [0.3, 0.4) is 0 Å². The van der Waals surface area contributed by atoms with Crippen LogP contribution >= 0.6 is 23.4 Å². The minimum absolute atomic E-state index is 0.159. The molecule has 122 valence electrons. The van der Waals surface area contributed by atoms with Crippen LogP contribution in [0.15, 0.2) is 76.5 Å². The van der Waals surface area contributed by atoms with E-state index in [-0.39, 0.29) is 5.91 Å². The number of carbonyl (C=O) groups is 2. The Labute approximate surface area is 154 Å². The summed E-state index contributed by atoms with van der Waals surface area (Å²) >= 11 is 7.79. The van der Waals surface area contributed by atoms with Gasteiger partial charge in [0.2, 0.25) is 0 Å². The Morgan fingerprint density at radius 3 is 2.40 bits per heavy atom. The van der Waals surface area contributed by atoms with Crippen molar-refractivity contribution in [2.45, 2.75) is 9.79 Å². The van der Waals surface area contributed by atoms with E-state index in [1.807, 2.05) is 36.4 Å². The second-order valence-corrected chi connectivity index (χ2v) is 7.08. The molecule has 4 rings (SSSR count). The normalized spacial score (nSPS) is 12.3. The van der Waals surface area contributed by atoms with E-state index in [2.05, 4.69) is 0 Å². The number of fused-ring (bicyclic) bond motifs is 2. The molecule has 0 radical (unpaired) electrons. The first-order valence-corrected chi connectivity index (χ1v) is 8.83. The van der Waals surface area contributed by atoms with Gasteiger partial charge < -0.3 is 0 Å². The summed E-state index contributed by atoms with van der Waals surface area (Å²) in [5.41, 5.74) is 2.64. The second kappa shape index (κ2) is 6.39. The summed E-state index contributed by atoms with van der Waals surface area (Å²) in [4.78, 5) is 27.7. The molecule has 25 heavy (non-hydrogen) atoms. The quantitative estimate of drug-likeness (QED) is 0.555. The standard InChI is InChI=1S/C20H12ClNO2S/c21-15-9-10-19-17(11-15)22(16-3-1-2-4-18(16)25-19)20(24)14-7-5-13(12-23)6-8-14/h1-12H. The summed E-state index contributed by atoms with van der Waals surface area (Å²) in [5.74, 6) is -0.159. The van der Waals surface area contributed by atoms with Gasteiger partial charge in [0.1, 0.15) is 6.29 Å². The first kappa shape index (κ1) is 15.9. The molecule has 1 aliphatic rings. The fourth-order valence-corrected chi connectivity index (χ4v) is 3.98. The number of anilines is 2. The van der Waals surface area contributed by atoms with E-state index < -0.39 is 0 Å². The Balaban J connectivity index is 1.86. The average Bonchev–Trinajstić information content (AvgIpc) is 2.66. The van der Waals surface area contributed by atoms with Crippen LogP contribution in [0.4, 0.5) is 11.4 Å². The monoisotopic (exact) mass is 365 g/mol. The number of benzene rings is 3. The molecule has 1 aliphatic heterocycles. The largest absolute Gasteiger partial charge is 0.298 e. The molecule has 1 heterocycles. The number of nitrogens with zero attached hydrogens (tertiary/aromatic N) is 1. The van der Waals surface area contributed by atoms with Gasteiger partial charge in [0, 0.05) is 25.9 Å². The Kier molecular flexibility index (Phi) is 4.07. The zero-order valence-corrected chi connectivity index (χ0v) is 14.6. The number of carbonyl (C=O) groups excluding carboxylic acids is 2. The van der Waals surface area contributed by atoms with Crippen LogP contribution in [0.2, 0.25) is 5.02 Å². The zero-order valence-electron chi connectivity index (χ0n) is 13.0. The second-order valence-electron chi connectivity index (χ2n) is 5.56. The minimum Gasteiger partial charge on any atom is -0.298 e. The van der Waals surface area contributed by atoms with Crippen LogP contribution in [0.5, 0.6) is 0 Å². The first-order valence-electron chi connectivity index (χ1n) is 7.63. The van der Waals surface area contributed by atoms with Crippen molar-refractivity contribution >= 4 is 46.9 Å². The Bertz CT molecular complexity index is 985. The maximum Gasteiger partial charge on any atom is 0.262 e. The summed E-state index contributed by atoms with van der Waals surface area (Å²) in [6.45, 7) is 0. The molecule has 1 amide bonds. The molecule has 0 saturated carbocycles. The van der Waals surface area contributed by atoms with Gasteiger partial charge in [0.25, 0.3) is 5.91 Å². The van der Waals surface area contributed by atoms with E-state index in [4.69, 9.17) is 11.6 Å². The Hall–Kier alpha value is -2.56. The van der Waals surface area contributed by atoms with Gasteiger partial charge in [-0.1, -0.05) is 47.6 Å². The zero-order chi connectivity index (χ0) is 17.4. The number of rotatable bonds is 2. The van der Waals surface area contributed by atoms with Crippen molar-refractivity contribution in [3.05, 3.63) is 82.9 Å². The number of hydrogen-bond donors (Lipinski definition) is 0. The lowest BCUT2D eigenvalue weighted by molar-refractivity contribution is 0.0997. The average molecular weight is 366 g/mol. The highest BCUT2D eigenvalue weighted by molar-refractivity contribution is 7.99. The van der Waals surface area contributed by atoms with E-state index in [9.17, 15) is 9.59 Å². The van der Waals surface area contributed by atoms with Gasteiger partial charge in [-0.25, -0.2) is 0 Å². The molecule has 0 saturated heterocycles. The van der Waals surface area contributed by atoms with Crippen molar-refractivity contribution in [1.82, 2.24) is 0 Å². The summed E-state index contributed by atoms with van der Waals surface area (Å²) < 4.78 is 0. The highest BCUT2D eigenvalue weighted by Gasteiger charge is 2.29. The third-order valence-corrected chi connectivity index (χ3v) is 5.35. The van der Waals surface area contributed by atoms with Crippen molar-refractivity contribution in [2.24, 2.45) is 0 Å². The molecule has 0 N–H and O–H groups in total. The topological polar surface area (TPSA) is 37.4 Å². The number of halogens is 1. The van der Waals surface area contributed by atoms with Gasteiger partial charge in [-0.15, -0.1) is 0 Å². The van der Waals surface area contributed by atoms with Crippen molar-refractivity contribution in [3.8, 4) is 0 Å². The molecule has 0 aliphatic carbocycles. The number of amides is 1. The summed E-state index contributed by atoms with van der Waals surface area (Å²) in [5, 5.41) is 0.577. The van der Waals surface area contributed by atoms with Crippen LogP contribution in [0, 0.1) is 0 Å². The van der Waals surface area contributed by atoms with E-state index in [0.29, 0.717) is 16.1 Å². The number of aldehydes is 1. The summed E-state index contributed by atoms with van der Waals surface area (Å²) in [6.07, 6.45) is 0.760. The van der Waals surface area contributed by atoms with Crippen LogP contribution < -0.4 is 4.90 Å². The number of hydrogen-bond acceptors (Lipinski definition) is 3. The Morgan fingerprint density at radius 2 is 1.64 bits per heavy atom. The van der Waals surface area contributed by atoms with Crippen LogP contribution in [0.1, 0.15) is 20.7 Å². The van der Waals surface area contributed by atoms with Crippen molar-refractivity contribution in [1.29, 1.82) is 0 Å². The predicted octanol–water partition coefficient (Wildman–Crippen LogP) is 5.60. The minimum atomic E-state index is -0.159. The van der Waals surface area contributed by atoms with E-state index in [0.717, 1.165) is 27.5 Å². The third kappa shape index (κ3) is 2.84. The first-order chi connectivity index (χ1) is 12.2. The molecule has 0 atom stereocenters. The van der Waals surface area contributed by atoms with Crippen molar-refractivity contribution in [3.63, 3.8) is 0 Å². The van der Waals surface area contributed by atoms with E-state index in [1.54, 1.807) is 47.0 Å². The van der Waals surface area contributed by atoms with Gasteiger partial charge in [-0.3, -0.25) is 14.5 Å². The SMILES string of the molecule is O=Cc1ccc(C(=O)N2c3ccccc3Sc3ccc(Cl)cc32)cc1. The van der Waals surface area contributed by atoms with Crippen LogP contribution in [-0.2, 0) is 0 Å². The molecule has 3 nitrogen and oxygen atoms in total. The highest BCUT2D eigenvalue weighted by atomic mass is 35.5. The van der Waals surface area contributed by atoms with Gasteiger partial charge in [-0.05, 0) is 42.5 Å². The van der Waals surface area contributed by atoms with Gasteiger partial charge in [-0.2, -0.15) is 0 Å². The van der Waals surface area contributed by atoms with Crippen molar-refractivity contribution in [2.75, 3.05) is 4.90 Å². The highest BCUT2D eigenvalue weighted by Crippen LogP contribution is 2.49. The fourth-order valence-electron chi connectivity index (χ4n) is 2.78. The summed E-state index contributed by atoms with van der Waals surface area (Å²) in [7, 11) is 0. The number of para-hydroxylation sites is 1. The lowest BCUT2D eigenvalue weighted by Gasteiger charge is -2.31. The maximum atomic E-state index is 13.2. The van der Waals surface area contributed by atoms with Crippen molar-refractivity contribution < 1.29 is 9.59 Å². The molecular weight excluding hydrogens is 354 g/mol. The van der Waals surface area contributed by atoms with E-state index >= 15 is 0 Å². The van der Waals surface area contributed by atoms with Gasteiger partial charge >= 0.3 is 0 Å². The van der Waals surface area contributed by atoms with Crippen LogP contribution in [0.25, 0.3) is 0 Å². The molecule has 0 bridgehead atoms. The molecule has 5 heteroatoms. The summed E-state index contributed by atoms with van der Waals surface area (Å²) in [6, 6.07) is 19.9. The molecule has 0 unspecified atom stereocenters. The van der Waals surface area contributed by atoms with Crippen LogP contribution in [-0.4, -0.2) is 12.2 Å². The lowest BCUT2D eigenvalue weighted by atomic mass is 10.1. The molecule has 0 spiro atoms. The molecular formula is C20H12ClNO2S. The maximum absolute atomic E-state index is 13.2. The lowest BCUT2D eigenvalue weighted by Crippen LogP contribution is -2.28. The smallest absolute Gasteiger partial charge is 0.262 e. The Morgan fingerprint density at radius 1 is 0.920 bits per heavy atom. The van der Waals surface area contributed by atoms with Gasteiger partial charge in [0.05, 0.1) is 11.4 Å². The molecule has 0 fully saturated rings. The van der Waals surface area contributed by atoms with Gasteiger partial charge in [0.15, 0.2) is 0 Å². The predicted molar refractivity (Wildman–Crippen MR) is 100 cm³/mol. The molecule has 0 aromatic heterocycles. The molecule has 3 aromatic rings. The van der Waals surface area contributed by atoms with E-state index in [1.165, 1.54) is 0 Å². The molecule has 3 aromatic carbocycles. The third-order valence-electron chi connectivity index (χ3n) is 3.98. The fraction of sp³-hybridized carbons (Fsp3) is 0.